The quantitative estimate of drug-likeness (QED) is 0.743. The number of amides is 2. The molecule has 0 aromatic heterocycles. The smallest absolute Gasteiger partial charge is 0.326 e. The van der Waals surface area contributed by atoms with Gasteiger partial charge in [0.25, 0.3) is 11.8 Å². The average Bonchev–Trinajstić information content (AvgIpc) is 3.54. The molecule has 2 aromatic carbocycles. The Balaban J connectivity index is 1.54. The molecule has 1 N–H and O–H groups in total. The lowest BCUT2D eigenvalue weighted by Crippen LogP contribution is -2.54. The number of rotatable bonds is 6. The van der Waals surface area contributed by atoms with Crippen molar-refractivity contribution in [3.63, 3.8) is 0 Å². The molecule has 0 bridgehead atoms. The van der Waals surface area contributed by atoms with Crippen LogP contribution in [0.15, 0.2) is 48.5 Å². The minimum atomic E-state index is -1.13. The van der Waals surface area contributed by atoms with Crippen molar-refractivity contribution in [1.82, 2.24) is 5.32 Å². The second kappa shape index (κ2) is 7.82. The SMILES string of the molecule is CC1(C)Oc2ccc(C(=O)NC3CC3)cc2N(CC(=O)OCc2ccccc2)C1=O. The van der Waals surface area contributed by atoms with E-state index in [1.165, 1.54) is 4.90 Å². The van der Waals surface area contributed by atoms with E-state index in [4.69, 9.17) is 9.47 Å². The van der Waals surface area contributed by atoms with E-state index < -0.39 is 11.6 Å². The third kappa shape index (κ3) is 4.30. The van der Waals surface area contributed by atoms with Gasteiger partial charge >= 0.3 is 5.97 Å². The molecule has 1 aliphatic carbocycles. The Morgan fingerprint density at radius 1 is 1.17 bits per heavy atom. The second-order valence-corrected chi connectivity index (χ2v) is 8.08. The first kappa shape index (κ1) is 19.9. The van der Waals surface area contributed by atoms with E-state index in [1.54, 1.807) is 32.0 Å². The fraction of sp³-hybridized carbons (Fsp3) is 0.348. The third-order valence-electron chi connectivity index (χ3n) is 5.08. The summed E-state index contributed by atoms with van der Waals surface area (Å²) in [6, 6.07) is 14.4. The summed E-state index contributed by atoms with van der Waals surface area (Å²) < 4.78 is 11.2. The summed E-state index contributed by atoms with van der Waals surface area (Å²) in [6.45, 7) is 3.15. The topological polar surface area (TPSA) is 84.9 Å². The molecule has 2 aliphatic rings. The Morgan fingerprint density at radius 2 is 1.90 bits per heavy atom. The van der Waals surface area contributed by atoms with Crippen molar-refractivity contribution in [3.05, 3.63) is 59.7 Å². The molecule has 0 saturated heterocycles. The Morgan fingerprint density at radius 3 is 2.60 bits per heavy atom. The number of esters is 1. The largest absolute Gasteiger partial charge is 0.476 e. The molecule has 30 heavy (non-hydrogen) atoms. The standard InChI is InChI=1S/C23H24N2O5/c1-23(2)22(28)25(13-20(26)29-14-15-6-4-3-5-7-15)18-12-16(8-11-19(18)30-23)21(27)24-17-9-10-17/h3-8,11-12,17H,9-10,13-14H2,1-2H3,(H,24,27). The lowest BCUT2D eigenvalue weighted by Gasteiger charge is -2.38. The van der Waals surface area contributed by atoms with Gasteiger partial charge in [-0.2, -0.15) is 0 Å². The van der Waals surface area contributed by atoms with Crippen molar-refractivity contribution in [2.45, 2.75) is 44.9 Å². The first-order valence-electron chi connectivity index (χ1n) is 9.99. The highest BCUT2D eigenvalue weighted by Gasteiger charge is 2.42. The van der Waals surface area contributed by atoms with E-state index in [0.717, 1.165) is 18.4 Å². The molecule has 0 radical (unpaired) electrons. The number of carbonyl (C=O) groups excluding carboxylic acids is 3. The van der Waals surface area contributed by atoms with Crippen LogP contribution in [0.1, 0.15) is 42.6 Å². The van der Waals surface area contributed by atoms with Gasteiger partial charge in [0.1, 0.15) is 18.9 Å². The van der Waals surface area contributed by atoms with E-state index in [-0.39, 0.29) is 31.0 Å². The van der Waals surface area contributed by atoms with E-state index in [9.17, 15) is 14.4 Å². The van der Waals surface area contributed by atoms with Crippen LogP contribution in [0.5, 0.6) is 5.75 Å². The zero-order chi connectivity index (χ0) is 21.3. The van der Waals surface area contributed by atoms with Gasteiger partial charge in [0, 0.05) is 11.6 Å². The number of ether oxygens (including phenoxy) is 2. The highest BCUT2D eigenvalue weighted by Crippen LogP contribution is 2.38. The molecule has 156 valence electrons. The predicted molar refractivity (Wildman–Crippen MR) is 110 cm³/mol. The number of benzene rings is 2. The van der Waals surface area contributed by atoms with Crippen LogP contribution in [0.2, 0.25) is 0 Å². The number of nitrogens with one attached hydrogen (secondary N) is 1. The normalized spacial score (nSPS) is 17.0. The van der Waals surface area contributed by atoms with Crippen molar-refractivity contribution in [2.75, 3.05) is 11.4 Å². The molecule has 2 amide bonds. The molecular weight excluding hydrogens is 384 g/mol. The zero-order valence-corrected chi connectivity index (χ0v) is 17.0. The van der Waals surface area contributed by atoms with Crippen molar-refractivity contribution in [1.29, 1.82) is 0 Å². The highest BCUT2D eigenvalue weighted by atomic mass is 16.5. The molecule has 0 unspecified atom stereocenters. The van der Waals surface area contributed by atoms with Gasteiger partial charge in [0.05, 0.1) is 5.69 Å². The minimum Gasteiger partial charge on any atom is -0.476 e. The molecule has 7 heteroatoms. The minimum absolute atomic E-state index is 0.123. The molecule has 2 aromatic rings. The molecule has 0 atom stereocenters. The maximum absolute atomic E-state index is 13.0. The van der Waals surface area contributed by atoms with Crippen molar-refractivity contribution < 1.29 is 23.9 Å². The van der Waals surface area contributed by atoms with Gasteiger partial charge in [0.15, 0.2) is 5.60 Å². The van der Waals surface area contributed by atoms with Crippen LogP contribution in [-0.4, -0.2) is 36.0 Å². The predicted octanol–water partition coefficient (Wildman–Crippen LogP) is 2.83. The summed E-state index contributed by atoms with van der Waals surface area (Å²) in [5.74, 6) is -0.669. The Kier molecular flexibility index (Phi) is 5.20. The van der Waals surface area contributed by atoms with Crippen molar-refractivity contribution in [3.8, 4) is 5.75 Å². The Hall–Kier alpha value is -3.35. The Labute approximate surface area is 175 Å². The molecule has 4 rings (SSSR count). The molecule has 7 nitrogen and oxygen atoms in total. The number of anilines is 1. The van der Waals surface area contributed by atoms with Crippen LogP contribution < -0.4 is 15.0 Å². The zero-order valence-electron chi connectivity index (χ0n) is 17.0. The summed E-state index contributed by atoms with van der Waals surface area (Å²) in [5.41, 5.74) is 0.530. The van der Waals surface area contributed by atoms with Crippen LogP contribution >= 0.6 is 0 Å². The number of fused-ring (bicyclic) bond motifs is 1. The molecule has 1 aliphatic heterocycles. The van der Waals surface area contributed by atoms with Crippen LogP contribution in [0.4, 0.5) is 5.69 Å². The summed E-state index contributed by atoms with van der Waals surface area (Å²) in [4.78, 5) is 39.2. The monoisotopic (exact) mass is 408 g/mol. The van der Waals surface area contributed by atoms with Crippen LogP contribution in [0.25, 0.3) is 0 Å². The molecule has 1 saturated carbocycles. The molecule has 1 fully saturated rings. The fourth-order valence-electron chi connectivity index (χ4n) is 3.27. The van der Waals surface area contributed by atoms with Crippen molar-refractivity contribution >= 4 is 23.5 Å². The van der Waals surface area contributed by atoms with Gasteiger partial charge in [-0.25, -0.2) is 0 Å². The highest BCUT2D eigenvalue weighted by molar-refractivity contribution is 6.06. The number of nitrogens with zero attached hydrogens (tertiary/aromatic N) is 1. The van der Waals surface area contributed by atoms with Gasteiger partial charge in [-0.15, -0.1) is 0 Å². The third-order valence-corrected chi connectivity index (χ3v) is 5.08. The van der Waals surface area contributed by atoms with E-state index >= 15 is 0 Å². The van der Waals surface area contributed by atoms with Gasteiger partial charge in [-0.05, 0) is 50.5 Å². The molecular formula is C23H24N2O5. The van der Waals surface area contributed by atoms with E-state index in [1.807, 2.05) is 30.3 Å². The van der Waals surface area contributed by atoms with Gasteiger partial charge in [-0.3, -0.25) is 19.3 Å². The average molecular weight is 408 g/mol. The lowest BCUT2D eigenvalue weighted by molar-refractivity contribution is -0.145. The van der Waals surface area contributed by atoms with Crippen LogP contribution in [0, 0.1) is 0 Å². The molecule has 0 spiro atoms. The first-order valence-corrected chi connectivity index (χ1v) is 9.99. The Bertz CT molecular complexity index is 982. The van der Waals surface area contributed by atoms with Crippen molar-refractivity contribution in [2.24, 2.45) is 0 Å². The fourth-order valence-corrected chi connectivity index (χ4v) is 3.27. The number of hydrogen-bond donors (Lipinski definition) is 1. The summed E-state index contributed by atoms with van der Waals surface area (Å²) in [7, 11) is 0. The van der Waals surface area contributed by atoms with E-state index in [2.05, 4.69) is 5.32 Å². The lowest BCUT2D eigenvalue weighted by atomic mass is 10.0. The second-order valence-electron chi connectivity index (χ2n) is 8.08. The van der Waals surface area contributed by atoms with E-state index in [0.29, 0.717) is 17.0 Å². The molecule has 1 heterocycles. The van der Waals surface area contributed by atoms with Gasteiger partial charge in [-0.1, -0.05) is 30.3 Å². The summed E-state index contributed by atoms with van der Waals surface area (Å²) in [5, 5.41) is 2.92. The summed E-state index contributed by atoms with van der Waals surface area (Å²) >= 11 is 0. The first-order chi connectivity index (χ1) is 14.3. The number of carbonyl (C=O) groups is 3. The maximum atomic E-state index is 13.0. The van der Waals surface area contributed by atoms with Crippen LogP contribution in [-0.2, 0) is 20.9 Å². The van der Waals surface area contributed by atoms with Gasteiger partial charge < -0.3 is 14.8 Å². The van der Waals surface area contributed by atoms with Crippen LogP contribution in [0.3, 0.4) is 0 Å². The summed E-state index contributed by atoms with van der Waals surface area (Å²) in [6.07, 6.45) is 1.96. The maximum Gasteiger partial charge on any atom is 0.326 e. The van der Waals surface area contributed by atoms with Gasteiger partial charge in [0.2, 0.25) is 0 Å². The number of hydrogen-bond acceptors (Lipinski definition) is 5.